The number of rotatable bonds is 6. The molecule has 146 valence electrons. The molecule has 1 aromatic heterocycles. The van der Waals surface area contributed by atoms with Gasteiger partial charge >= 0.3 is 6.03 Å². The maximum atomic E-state index is 12.9. The number of hydrogen-bond acceptors (Lipinski definition) is 3. The van der Waals surface area contributed by atoms with Gasteiger partial charge in [-0.3, -0.25) is 0 Å². The first-order valence-corrected chi connectivity index (χ1v) is 9.23. The van der Waals surface area contributed by atoms with Crippen molar-refractivity contribution in [1.29, 1.82) is 0 Å². The third kappa shape index (κ3) is 4.64. The zero-order chi connectivity index (χ0) is 20.1. The van der Waals surface area contributed by atoms with Crippen LogP contribution in [0.25, 0.3) is 0 Å². The van der Waals surface area contributed by atoms with Crippen LogP contribution in [0, 0.1) is 0 Å². The van der Waals surface area contributed by atoms with Gasteiger partial charge in [0.1, 0.15) is 17.6 Å². The molecule has 0 aliphatic rings. The number of nitrogens with one attached hydrogen (secondary N) is 1. The Morgan fingerprint density at radius 1 is 1.29 bits per heavy atom. The van der Waals surface area contributed by atoms with Crippen molar-refractivity contribution in [2.24, 2.45) is 7.05 Å². The molecular formula is C21H23ClN4O2. The van der Waals surface area contributed by atoms with Gasteiger partial charge in [0.2, 0.25) is 0 Å². The van der Waals surface area contributed by atoms with Gasteiger partial charge in [0.05, 0.1) is 7.11 Å². The van der Waals surface area contributed by atoms with E-state index in [0.29, 0.717) is 11.6 Å². The first-order valence-electron chi connectivity index (χ1n) is 8.85. The summed E-state index contributed by atoms with van der Waals surface area (Å²) in [6.07, 6.45) is 3.57. The van der Waals surface area contributed by atoms with E-state index in [1.807, 2.05) is 66.3 Å². The van der Waals surface area contributed by atoms with Crippen LogP contribution in [0.1, 0.15) is 23.0 Å². The highest BCUT2D eigenvalue weighted by molar-refractivity contribution is 6.30. The van der Waals surface area contributed by atoms with E-state index in [9.17, 15) is 4.79 Å². The number of nitrogens with zero attached hydrogens (tertiary/aromatic N) is 3. The molecule has 6 nitrogen and oxygen atoms in total. The van der Waals surface area contributed by atoms with Crippen molar-refractivity contribution in [3.05, 3.63) is 82.9 Å². The number of benzene rings is 2. The molecule has 2 aromatic carbocycles. The van der Waals surface area contributed by atoms with Crippen LogP contribution < -0.4 is 10.1 Å². The van der Waals surface area contributed by atoms with Crippen LogP contribution in [0.2, 0.25) is 5.02 Å². The quantitative estimate of drug-likeness (QED) is 0.682. The van der Waals surface area contributed by atoms with Crippen LogP contribution in [0.4, 0.5) is 4.79 Å². The highest BCUT2D eigenvalue weighted by Gasteiger charge is 2.23. The van der Waals surface area contributed by atoms with Crippen molar-refractivity contribution in [1.82, 2.24) is 19.8 Å². The van der Waals surface area contributed by atoms with Crippen LogP contribution in [0.3, 0.4) is 0 Å². The molecule has 0 saturated carbocycles. The van der Waals surface area contributed by atoms with Crippen molar-refractivity contribution >= 4 is 17.6 Å². The number of carbonyl (C=O) groups is 1. The Balaban J connectivity index is 1.81. The Morgan fingerprint density at radius 3 is 2.68 bits per heavy atom. The number of ether oxygens (including phenoxy) is 1. The molecule has 1 unspecified atom stereocenters. The topological polar surface area (TPSA) is 59.4 Å². The van der Waals surface area contributed by atoms with Gasteiger partial charge in [-0.2, -0.15) is 0 Å². The Hall–Kier alpha value is -2.99. The van der Waals surface area contributed by atoms with E-state index in [1.54, 1.807) is 25.3 Å². The van der Waals surface area contributed by atoms with Gasteiger partial charge in [0, 0.05) is 38.1 Å². The zero-order valence-electron chi connectivity index (χ0n) is 16.1. The summed E-state index contributed by atoms with van der Waals surface area (Å²) in [6, 6.07) is 14.4. The van der Waals surface area contributed by atoms with Gasteiger partial charge < -0.3 is 19.5 Å². The van der Waals surface area contributed by atoms with Crippen molar-refractivity contribution in [2.75, 3.05) is 14.2 Å². The number of aryl methyl sites for hydroxylation is 1. The number of hydrogen-bond donors (Lipinski definition) is 1. The third-order valence-electron chi connectivity index (χ3n) is 4.49. The minimum absolute atomic E-state index is 0.203. The molecule has 2 amide bonds. The van der Waals surface area contributed by atoms with Gasteiger partial charge in [-0.1, -0.05) is 35.9 Å². The van der Waals surface area contributed by atoms with Gasteiger partial charge in [0.15, 0.2) is 0 Å². The monoisotopic (exact) mass is 398 g/mol. The SMILES string of the molecule is COc1cccc(C(NC(=O)N(C)Cc2ccc(Cl)cc2)c2nccn2C)c1. The molecule has 3 rings (SSSR count). The number of amides is 2. The van der Waals surface area contributed by atoms with Crippen molar-refractivity contribution in [3.8, 4) is 5.75 Å². The van der Waals surface area contributed by atoms with Crippen LogP contribution >= 0.6 is 11.6 Å². The minimum atomic E-state index is -0.407. The molecule has 0 radical (unpaired) electrons. The molecule has 0 bridgehead atoms. The fraction of sp³-hybridized carbons (Fsp3) is 0.238. The number of carbonyl (C=O) groups excluding carboxylic acids is 1. The van der Waals surface area contributed by atoms with Gasteiger partial charge in [-0.25, -0.2) is 9.78 Å². The average Bonchev–Trinajstić information content (AvgIpc) is 3.13. The van der Waals surface area contributed by atoms with E-state index < -0.39 is 6.04 Å². The molecule has 3 aromatic rings. The van der Waals surface area contributed by atoms with Crippen molar-refractivity contribution < 1.29 is 9.53 Å². The third-order valence-corrected chi connectivity index (χ3v) is 4.74. The van der Waals surface area contributed by atoms with Gasteiger partial charge in [0.25, 0.3) is 0 Å². The molecule has 7 heteroatoms. The minimum Gasteiger partial charge on any atom is -0.497 e. The molecule has 0 spiro atoms. The summed E-state index contributed by atoms with van der Waals surface area (Å²) in [4.78, 5) is 18.9. The fourth-order valence-electron chi connectivity index (χ4n) is 2.94. The normalized spacial score (nSPS) is 11.7. The zero-order valence-corrected chi connectivity index (χ0v) is 16.8. The lowest BCUT2D eigenvalue weighted by Gasteiger charge is -2.24. The second-order valence-corrected chi connectivity index (χ2v) is 6.97. The Bertz CT molecular complexity index is 940. The second-order valence-electron chi connectivity index (χ2n) is 6.54. The summed E-state index contributed by atoms with van der Waals surface area (Å²) in [5.74, 6) is 1.46. The number of halogens is 1. The Kier molecular flexibility index (Phi) is 6.21. The predicted octanol–water partition coefficient (Wildman–Crippen LogP) is 4.01. The summed E-state index contributed by atoms with van der Waals surface area (Å²) in [5, 5.41) is 3.75. The maximum absolute atomic E-state index is 12.9. The van der Waals surface area contributed by atoms with E-state index >= 15 is 0 Å². The Labute approximate surface area is 169 Å². The second kappa shape index (κ2) is 8.80. The fourth-order valence-corrected chi connectivity index (χ4v) is 3.07. The van der Waals surface area contributed by atoms with Crippen LogP contribution in [0.15, 0.2) is 60.9 Å². The van der Waals surface area contributed by atoms with Crippen molar-refractivity contribution in [3.63, 3.8) is 0 Å². The molecule has 1 N–H and O–H groups in total. The number of urea groups is 1. The molecule has 28 heavy (non-hydrogen) atoms. The van der Waals surface area contributed by atoms with Gasteiger partial charge in [-0.05, 0) is 35.4 Å². The summed E-state index contributed by atoms with van der Waals surface area (Å²) >= 11 is 5.93. The van der Waals surface area contributed by atoms with E-state index in [-0.39, 0.29) is 6.03 Å². The largest absolute Gasteiger partial charge is 0.497 e. The molecule has 0 saturated heterocycles. The number of methoxy groups -OCH3 is 1. The van der Waals surface area contributed by atoms with Gasteiger partial charge in [-0.15, -0.1) is 0 Å². The lowest BCUT2D eigenvalue weighted by molar-refractivity contribution is 0.204. The average molecular weight is 399 g/mol. The summed E-state index contributed by atoms with van der Waals surface area (Å²) in [7, 11) is 5.28. The smallest absolute Gasteiger partial charge is 0.318 e. The van der Waals surface area contributed by atoms with Crippen LogP contribution in [0.5, 0.6) is 5.75 Å². The summed E-state index contributed by atoms with van der Waals surface area (Å²) in [5.41, 5.74) is 1.89. The Morgan fingerprint density at radius 2 is 2.04 bits per heavy atom. The van der Waals surface area contributed by atoms with E-state index in [0.717, 1.165) is 22.7 Å². The molecule has 1 heterocycles. The predicted molar refractivity (Wildman–Crippen MR) is 109 cm³/mol. The van der Waals surface area contributed by atoms with E-state index in [4.69, 9.17) is 16.3 Å². The standard InChI is InChI=1S/C21H23ClN4O2/c1-25-12-11-23-20(25)19(16-5-4-6-18(13-16)28-3)24-21(27)26(2)14-15-7-9-17(22)10-8-15/h4-13,19H,14H2,1-3H3,(H,24,27). The van der Waals surface area contributed by atoms with E-state index in [1.165, 1.54) is 0 Å². The number of aromatic nitrogens is 2. The first-order chi connectivity index (χ1) is 13.5. The maximum Gasteiger partial charge on any atom is 0.318 e. The molecular weight excluding hydrogens is 376 g/mol. The highest BCUT2D eigenvalue weighted by atomic mass is 35.5. The lowest BCUT2D eigenvalue weighted by atomic mass is 10.1. The van der Waals surface area contributed by atoms with Crippen LogP contribution in [-0.4, -0.2) is 34.6 Å². The molecule has 0 fully saturated rings. The van der Waals surface area contributed by atoms with Crippen molar-refractivity contribution in [2.45, 2.75) is 12.6 Å². The molecule has 1 atom stereocenters. The molecule has 0 aliphatic carbocycles. The summed E-state index contributed by atoms with van der Waals surface area (Å²) < 4.78 is 7.23. The summed E-state index contributed by atoms with van der Waals surface area (Å²) in [6.45, 7) is 0.467. The van der Waals surface area contributed by atoms with Crippen LogP contribution in [-0.2, 0) is 13.6 Å². The molecule has 0 aliphatic heterocycles. The first kappa shape index (κ1) is 19.8. The number of imidazole rings is 1. The van der Waals surface area contributed by atoms with E-state index in [2.05, 4.69) is 10.3 Å². The lowest BCUT2D eigenvalue weighted by Crippen LogP contribution is -2.40. The highest BCUT2D eigenvalue weighted by Crippen LogP contribution is 2.24.